The van der Waals surface area contributed by atoms with Crippen LogP contribution in [0.3, 0.4) is 0 Å². The molecule has 9 heteroatoms. The third-order valence-electron chi connectivity index (χ3n) is 6.07. The number of tetrazole rings is 1. The SMILES string of the molecule is CN(C)c1ccc([C@@H](c2nnnn2Cc2ccc(F)cc2)N2CCC(C(N)=O)CC2)cc1. The molecule has 1 aliphatic rings. The zero-order valence-electron chi connectivity index (χ0n) is 18.4. The highest BCUT2D eigenvalue weighted by Gasteiger charge is 2.32. The summed E-state index contributed by atoms with van der Waals surface area (Å²) in [6, 6.07) is 14.5. The molecule has 168 valence electrons. The van der Waals surface area contributed by atoms with E-state index < -0.39 is 0 Å². The maximum Gasteiger partial charge on any atom is 0.220 e. The number of aromatic nitrogens is 4. The van der Waals surface area contributed by atoms with Crippen molar-refractivity contribution in [1.82, 2.24) is 25.1 Å². The first-order valence-corrected chi connectivity index (χ1v) is 10.7. The van der Waals surface area contributed by atoms with Crippen molar-refractivity contribution >= 4 is 11.6 Å². The zero-order chi connectivity index (χ0) is 22.7. The van der Waals surface area contributed by atoms with E-state index in [1.807, 2.05) is 14.1 Å². The molecule has 1 aromatic heterocycles. The number of piperidine rings is 1. The smallest absolute Gasteiger partial charge is 0.220 e. The lowest BCUT2D eigenvalue weighted by Gasteiger charge is -2.36. The fourth-order valence-electron chi connectivity index (χ4n) is 4.20. The standard InChI is InChI=1S/C23H28FN7O/c1-29(2)20-9-5-17(6-10-20)21(30-13-11-18(12-14-30)22(25)32)23-26-27-28-31(23)15-16-3-7-19(24)8-4-16/h3-10,18,21H,11-15H2,1-2H3,(H2,25,32)/t21-/m0/s1. The lowest BCUT2D eigenvalue weighted by atomic mass is 9.93. The van der Waals surface area contributed by atoms with E-state index in [1.165, 1.54) is 12.1 Å². The maximum atomic E-state index is 13.3. The van der Waals surface area contributed by atoms with Crippen LogP contribution in [-0.2, 0) is 11.3 Å². The number of nitrogens with zero attached hydrogens (tertiary/aromatic N) is 6. The van der Waals surface area contributed by atoms with E-state index >= 15 is 0 Å². The highest BCUT2D eigenvalue weighted by atomic mass is 19.1. The molecule has 0 unspecified atom stereocenters. The van der Waals surface area contributed by atoms with Gasteiger partial charge in [-0.2, -0.15) is 0 Å². The van der Waals surface area contributed by atoms with Crippen molar-refractivity contribution < 1.29 is 9.18 Å². The van der Waals surface area contributed by atoms with Crippen LogP contribution < -0.4 is 10.6 Å². The van der Waals surface area contributed by atoms with Gasteiger partial charge in [0, 0.05) is 25.7 Å². The topological polar surface area (TPSA) is 93.2 Å². The molecular weight excluding hydrogens is 409 g/mol. The normalized spacial score (nSPS) is 16.1. The Hall–Kier alpha value is -3.33. The van der Waals surface area contributed by atoms with Crippen LogP contribution in [0.2, 0.25) is 0 Å². The minimum Gasteiger partial charge on any atom is -0.378 e. The number of carbonyl (C=O) groups is 1. The zero-order valence-corrected chi connectivity index (χ0v) is 18.4. The molecule has 0 saturated carbocycles. The average Bonchev–Trinajstić information content (AvgIpc) is 3.24. The number of hydrogen-bond donors (Lipinski definition) is 1. The molecule has 4 rings (SSSR count). The van der Waals surface area contributed by atoms with E-state index in [0.29, 0.717) is 25.2 Å². The van der Waals surface area contributed by atoms with Crippen LogP contribution in [0, 0.1) is 11.7 Å². The van der Waals surface area contributed by atoms with E-state index in [4.69, 9.17) is 5.73 Å². The molecule has 3 aromatic rings. The number of primary amides is 1. The lowest BCUT2D eigenvalue weighted by molar-refractivity contribution is -0.123. The van der Waals surface area contributed by atoms with E-state index in [2.05, 4.69) is 49.6 Å². The van der Waals surface area contributed by atoms with Crippen molar-refractivity contribution in [3.05, 3.63) is 71.3 Å². The van der Waals surface area contributed by atoms with Crippen LogP contribution in [0.4, 0.5) is 10.1 Å². The Morgan fingerprint density at radius 2 is 1.78 bits per heavy atom. The van der Waals surface area contributed by atoms with E-state index in [9.17, 15) is 9.18 Å². The number of anilines is 1. The molecule has 1 saturated heterocycles. The minimum atomic E-state index is -0.276. The van der Waals surface area contributed by atoms with Gasteiger partial charge in [-0.3, -0.25) is 9.69 Å². The molecule has 0 spiro atoms. The fraction of sp³-hybridized carbons (Fsp3) is 0.391. The molecule has 0 aliphatic carbocycles. The molecule has 1 fully saturated rings. The molecule has 1 aliphatic heterocycles. The van der Waals surface area contributed by atoms with Crippen molar-refractivity contribution in [2.75, 3.05) is 32.1 Å². The Bertz CT molecular complexity index is 1040. The highest BCUT2D eigenvalue weighted by Crippen LogP contribution is 2.32. The number of nitrogens with two attached hydrogens (primary N) is 1. The van der Waals surface area contributed by atoms with Gasteiger partial charge < -0.3 is 10.6 Å². The Morgan fingerprint density at radius 1 is 1.12 bits per heavy atom. The maximum absolute atomic E-state index is 13.3. The summed E-state index contributed by atoms with van der Waals surface area (Å²) < 4.78 is 15.1. The van der Waals surface area contributed by atoms with Gasteiger partial charge in [-0.05, 0) is 71.8 Å². The number of amides is 1. The molecule has 1 amide bonds. The monoisotopic (exact) mass is 437 g/mol. The van der Waals surface area contributed by atoms with Gasteiger partial charge in [0.1, 0.15) is 5.82 Å². The van der Waals surface area contributed by atoms with Crippen LogP contribution in [0.1, 0.15) is 35.8 Å². The van der Waals surface area contributed by atoms with E-state index in [0.717, 1.165) is 29.9 Å². The van der Waals surface area contributed by atoms with Gasteiger partial charge >= 0.3 is 0 Å². The first-order chi connectivity index (χ1) is 15.4. The van der Waals surface area contributed by atoms with E-state index in [1.54, 1.807) is 16.8 Å². The molecular formula is C23H28FN7O. The molecule has 0 bridgehead atoms. The molecule has 2 heterocycles. The number of halogens is 1. The number of carbonyl (C=O) groups excluding carboxylic acids is 1. The Kier molecular flexibility index (Phi) is 6.45. The van der Waals surface area contributed by atoms with Crippen molar-refractivity contribution in [3.63, 3.8) is 0 Å². The van der Waals surface area contributed by atoms with Crippen LogP contribution in [-0.4, -0.2) is 58.2 Å². The van der Waals surface area contributed by atoms with Crippen LogP contribution in [0.5, 0.6) is 0 Å². The van der Waals surface area contributed by atoms with Crippen molar-refractivity contribution in [2.45, 2.75) is 25.4 Å². The van der Waals surface area contributed by atoms with E-state index in [-0.39, 0.29) is 23.7 Å². The summed E-state index contributed by atoms with van der Waals surface area (Å²) in [7, 11) is 4.01. The fourth-order valence-corrected chi connectivity index (χ4v) is 4.20. The third-order valence-corrected chi connectivity index (χ3v) is 6.07. The summed E-state index contributed by atoms with van der Waals surface area (Å²) in [6.45, 7) is 1.88. The third kappa shape index (κ3) is 4.77. The minimum absolute atomic E-state index is 0.0989. The average molecular weight is 438 g/mol. The quantitative estimate of drug-likeness (QED) is 0.609. The van der Waals surface area contributed by atoms with Crippen molar-refractivity contribution in [2.24, 2.45) is 11.7 Å². The summed E-state index contributed by atoms with van der Waals surface area (Å²) in [5.74, 6) is 0.0993. The predicted octanol–water partition coefficient (Wildman–Crippen LogP) is 2.21. The number of benzene rings is 2. The Balaban J connectivity index is 1.66. The van der Waals surface area contributed by atoms with Crippen LogP contribution >= 0.6 is 0 Å². The number of rotatable bonds is 7. The van der Waals surface area contributed by atoms with Gasteiger partial charge in [-0.15, -0.1) is 5.10 Å². The Labute approximate surface area is 186 Å². The van der Waals surface area contributed by atoms with Gasteiger partial charge in [0.05, 0.1) is 12.6 Å². The highest BCUT2D eigenvalue weighted by molar-refractivity contribution is 5.76. The second-order valence-electron chi connectivity index (χ2n) is 8.42. The van der Waals surface area contributed by atoms with Gasteiger partial charge in [-0.1, -0.05) is 24.3 Å². The second-order valence-corrected chi connectivity index (χ2v) is 8.42. The molecule has 1 atom stereocenters. The van der Waals surface area contributed by atoms with Crippen LogP contribution in [0.15, 0.2) is 48.5 Å². The van der Waals surface area contributed by atoms with Crippen molar-refractivity contribution in [1.29, 1.82) is 0 Å². The van der Waals surface area contributed by atoms with Gasteiger partial charge in [0.25, 0.3) is 0 Å². The summed E-state index contributed by atoms with van der Waals surface area (Å²) in [5, 5.41) is 12.5. The summed E-state index contributed by atoms with van der Waals surface area (Å²) in [4.78, 5) is 16.0. The molecule has 32 heavy (non-hydrogen) atoms. The van der Waals surface area contributed by atoms with Gasteiger partial charge in [0.15, 0.2) is 5.82 Å². The molecule has 0 radical (unpaired) electrons. The summed E-state index contributed by atoms with van der Waals surface area (Å²) in [5.41, 5.74) is 8.62. The van der Waals surface area contributed by atoms with Crippen molar-refractivity contribution in [3.8, 4) is 0 Å². The lowest BCUT2D eigenvalue weighted by Crippen LogP contribution is -2.41. The summed E-state index contributed by atoms with van der Waals surface area (Å²) in [6.07, 6.45) is 1.42. The second kappa shape index (κ2) is 9.44. The van der Waals surface area contributed by atoms with Crippen LogP contribution in [0.25, 0.3) is 0 Å². The molecule has 8 nitrogen and oxygen atoms in total. The first kappa shape index (κ1) is 21.9. The Morgan fingerprint density at radius 3 is 2.38 bits per heavy atom. The predicted molar refractivity (Wildman–Crippen MR) is 119 cm³/mol. The first-order valence-electron chi connectivity index (χ1n) is 10.7. The molecule has 2 N–H and O–H groups in total. The molecule has 2 aromatic carbocycles. The van der Waals surface area contributed by atoms with Gasteiger partial charge in [0.2, 0.25) is 5.91 Å². The number of likely N-dealkylation sites (tertiary alicyclic amines) is 1. The van der Waals surface area contributed by atoms with Gasteiger partial charge in [-0.25, -0.2) is 9.07 Å². The largest absolute Gasteiger partial charge is 0.378 e. The summed E-state index contributed by atoms with van der Waals surface area (Å²) >= 11 is 0. The number of hydrogen-bond acceptors (Lipinski definition) is 6.